The van der Waals surface area contributed by atoms with Crippen LogP contribution in [0.25, 0.3) is 0 Å². The van der Waals surface area contributed by atoms with Crippen LogP contribution in [0.2, 0.25) is 0 Å². The fraction of sp³-hybridized carbons (Fsp3) is 0.556. The van der Waals surface area contributed by atoms with Gasteiger partial charge in [0.15, 0.2) is 5.13 Å². The van der Waals surface area contributed by atoms with Crippen molar-refractivity contribution in [1.82, 2.24) is 4.98 Å². The Hall–Kier alpha value is -0.550. The fourth-order valence-electron chi connectivity index (χ4n) is 1.09. The Labute approximate surface area is 93.3 Å². The molecule has 0 fully saturated rings. The number of aryl methyl sites for hydroxylation is 2. The highest BCUT2D eigenvalue weighted by molar-refractivity contribution is 7.80. The minimum Gasteiger partial charge on any atom is -0.302 e. The van der Waals surface area contributed by atoms with Gasteiger partial charge in [-0.3, -0.25) is 4.79 Å². The van der Waals surface area contributed by atoms with E-state index >= 15 is 0 Å². The third-order valence-electron chi connectivity index (χ3n) is 1.81. The molecule has 0 radical (unpaired) electrons. The van der Waals surface area contributed by atoms with Gasteiger partial charge in [-0.1, -0.05) is 6.92 Å². The number of carbonyl (C=O) groups excluding carboxylic acids is 1. The Morgan fingerprint density at radius 2 is 2.36 bits per heavy atom. The largest absolute Gasteiger partial charge is 0.302 e. The second kappa shape index (κ2) is 5.36. The molecule has 14 heavy (non-hydrogen) atoms. The van der Waals surface area contributed by atoms with E-state index in [1.165, 1.54) is 16.2 Å². The first kappa shape index (κ1) is 11.5. The third-order valence-corrected chi connectivity index (χ3v) is 2.96. The maximum absolute atomic E-state index is 11.2. The molecule has 0 bridgehead atoms. The van der Waals surface area contributed by atoms with Crippen molar-refractivity contribution >= 4 is 35.0 Å². The normalized spacial score (nSPS) is 10.2. The maximum Gasteiger partial charge on any atom is 0.226 e. The first-order valence-electron chi connectivity index (χ1n) is 4.54. The topological polar surface area (TPSA) is 42.0 Å². The zero-order valence-electron chi connectivity index (χ0n) is 8.33. The van der Waals surface area contributed by atoms with Crippen LogP contribution in [0.3, 0.4) is 0 Å². The molecule has 0 aliphatic carbocycles. The standard InChI is InChI=1S/C9H14N2OS2/c1-3-7-6(2)14-9(10-7)11-8(12)4-5-13/h13H,3-5H2,1-2H3,(H,10,11,12). The Bertz CT molecular complexity index is 323. The molecule has 0 atom stereocenters. The van der Waals surface area contributed by atoms with Gasteiger partial charge >= 0.3 is 0 Å². The van der Waals surface area contributed by atoms with E-state index in [2.05, 4.69) is 29.9 Å². The zero-order valence-corrected chi connectivity index (χ0v) is 10.0. The monoisotopic (exact) mass is 230 g/mol. The van der Waals surface area contributed by atoms with E-state index < -0.39 is 0 Å². The minimum absolute atomic E-state index is 0.0172. The van der Waals surface area contributed by atoms with Gasteiger partial charge in [0.25, 0.3) is 0 Å². The summed E-state index contributed by atoms with van der Waals surface area (Å²) in [6, 6.07) is 0. The molecule has 0 aromatic carbocycles. The fourth-order valence-corrected chi connectivity index (χ4v) is 2.21. The second-order valence-electron chi connectivity index (χ2n) is 2.90. The summed E-state index contributed by atoms with van der Waals surface area (Å²) < 4.78 is 0. The van der Waals surface area contributed by atoms with Crippen molar-refractivity contribution in [2.75, 3.05) is 11.1 Å². The zero-order chi connectivity index (χ0) is 10.6. The van der Waals surface area contributed by atoms with Crippen molar-refractivity contribution < 1.29 is 4.79 Å². The average molecular weight is 230 g/mol. The molecule has 1 aromatic heterocycles. The molecule has 0 spiro atoms. The van der Waals surface area contributed by atoms with E-state index in [1.54, 1.807) is 0 Å². The van der Waals surface area contributed by atoms with Crippen LogP contribution in [0.1, 0.15) is 23.9 Å². The number of nitrogens with one attached hydrogen (secondary N) is 1. The van der Waals surface area contributed by atoms with E-state index in [1.807, 2.05) is 6.92 Å². The van der Waals surface area contributed by atoms with Gasteiger partial charge in [0.05, 0.1) is 5.69 Å². The maximum atomic E-state index is 11.2. The lowest BCUT2D eigenvalue weighted by molar-refractivity contribution is -0.115. The summed E-state index contributed by atoms with van der Waals surface area (Å²) in [5.74, 6) is 0.549. The van der Waals surface area contributed by atoms with Crippen molar-refractivity contribution in [1.29, 1.82) is 0 Å². The van der Waals surface area contributed by atoms with Crippen molar-refractivity contribution in [2.24, 2.45) is 0 Å². The van der Waals surface area contributed by atoms with Gasteiger partial charge in [0, 0.05) is 11.3 Å². The highest BCUT2D eigenvalue weighted by Crippen LogP contribution is 2.22. The summed E-state index contributed by atoms with van der Waals surface area (Å²) in [5, 5.41) is 3.46. The highest BCUT2D eigenvalue weighted by Gasteiger charge is 2.08. The summed E-state index contributed by atoms with van der Waals surface area (Å²) in [6.07, 6.45) is 1.34. The van der Waals surface area contributed by atoms with Crippen LogP contribution in [0, 0.1) is 6.92 Å². The molecular formula is C9H14N2OS2. The molecule has 1 aromatic rings. The number of thiol groups is 1. The summed E-state index contributed by atoms with van der Waals surface area (Å²) >= 11 is 5.52. The van der Waals surface area contributed by atoms with Gasteiger partial charge in [0.2, 0.25) is 5.91 Å². The number of aromatic nitrogens is 1. The van der Waals surface area contributed by atoms with Crippen LogP contribution in [0.5, 0.6) is 0 Å². The van der Waals surface area contributed by atoms with Gasteiger partial charge < -0.3 is 5.32 Å². The van der Waals surface area contributed by atoms with Gasteiger partial charge in [-0.25, -0.2) is 4.98 Å². The molecule has 3 nitrogen and oxygen atoms in total. The van der Waals surface area contributed by atoms with Crippen molar-refractivity contribution in [2.45, 2.75) is 26.7 Å². The molecule has 1 amide bonds. The van der Waals surface area contributed by atoms with Crippen LogP contribution < -0.4 is 5.32 Å². The summed E-state index contributed by atoms with van der Waals surface area (Å²) in [7, 11) is 0. The molecule has 1 rings (SSSR count). The van der Waals surface area contributed by atoms with E-state index in [-0.39, 0.29) is 5.91 Å². The summed E-state index contributed by atoms with van der Waals surface area (Å²) in [5.41, 5.74) is 1.07. The Morgan fingerprint density at radius 1 is 1.64 bits per heavy atom. The quantitative estimate of drug-likeness (QED) is 0.779. The van der Waals surface area contributed by atoms with Gasteiger partial charge in [-0.15, -0.1) is 11.3 Å². The number of amides is 1. The molecular weight excluding hydrogens is 216 g/mol. The van der Waals surface area contributed by atoms with Crippen LogP contribution in [0.4, 0.5) is 5.13 Å². The van der Waals surface area contributed by atoms with Gasteiger partial charge in [-0.2, -0.15) is 12.6 Å². The number of carbonyl (C=O) groups is 1. The van der Waals surface area contributed by atoms with Crippen molar-refractivity contribution in [3.8, 4) is 0 Å². The van der Waals surface area contributed by atoms with Crippen LogP contribution in [-0.4, -0.2) is 16.6 Å². The van der Waals surface area contributed by atoms with Crippen molar-refractivity contribution in [3.05, 3.63) is 10.6 Å². The number of hydrogen-bond donors (Lipinski definition) is 2. The third kappa shape index (κ3) is 2.99. The predicted octanol–water partition coefficient (Wildman–Crippen LogP) is 2.27. The Morgan fingerprint density at radius 3 is 2.86 bits per heavy atom. The summed E-state index contributed by atoms with van der Waals surface area (Å²) in [6.45, 7) is 4.08. The van der Waals surface area contributed by atoms with Crippen LogP contribution >= 0.6 is 24.0 Å². The molecule has 0 aliphatic heterocycles. The van der Waals surface area contributed by atoms with Gasteiger partial charge in [-0.05, 0) is 19.1 Å². The molecule has 0 unspecified atom stereocenters. The summed E-state index contributed by atoms with van der Waals surface area (Å²) in [4.78, 5) is 16.7. The predicted molar refractivity (Wildman–Crippen MR) is 63.3 cm³/mol. The SMILES string of the molecule is CCc1nc(NC(=O)CCS)sc1C. The minimum atomic E-state index is -0.0172. The Balaban J connectivity index is 2.63. The highest BCUT2D eigenvalue weighted by atomic mass is 32.1. The second-order valence-corrected chi connectivity index (χ2v) is 4.55. The van der Waals surface area contributed by atoms with Crippen molar-refractivity contribution in [3.63, 3.8) is 0 Å². The first-order chi connectivity index (χ1) is 6.67. The number of nitrogens with zero attached hydrogens (tertiary/aromatic N) is 1. The lowest BCUT2D eigenvalue weighted by Crippen LogP contribution is -2.11. The molecule has 1 N–H and O–H groups in total. The molecule has 78 valence electrons. The van der Waals surface area contributed by atoms with Crippen LogP contribution in [-0.2, 0) is 11.2 Å². The molecule has 0 aliphatic rings. The molecule has 0 saturated heterocycles. The number of hydrogen-bond acceptors (Lipinski definition) is 4. The number of thiazole rings is 1. The number of anilines is 1. The van der Waals surface area contributed by atoms with E-state index in [9.17, 15) is 4.79 Å². The molecule has 1 heterocycles. The van der Waals surface area contributed by atoms with E-state index in [0.717, 1.165) is 12.1 Å². The van der Waals surface area contributed by atoms with E-state index in [0.29, 0.717) is 17.3 Å². The molecule has 5 heteroatoms. The molecule has 0 saturated carbocycles. The first-order valence-corrected chi connectivity index (χ1v) is 5.99. The van der Waals surface area contributed by atoms with Gasteiger partial charge in [0.1, 0.15) is 0 Å². The number of rotatable bonds is 4. The Kier molecular flexibility index (Phi) is 4.41. The lowest BCUT2D eigenvalue weighted by atomic mass is 10.3. The van der Waals surface area contributed by atoms with Crippen LogP contribution in [0.15, 0.2) is 0 Å². The van der Waals surface area contributed by atoms with E-state index in [4.69, 9.17) is 0 Å². The lowest BCUT2D eigenvalue weighted by Gasteiger charge is -1.97. The smallest absolute Gasteiger partial charge is 0.226 e. The average Bonchev–Trinajstić information content (AvgIpc) is 2.46.